The second-order valence-corrected chi connectivity index (χ2v) is 4.87. The van der Waals surface area contributed by atoms with E-state index in [0.29, 0.717) is 4.88 Å². The third-order valence-corrected chi connectivity index (χ3v) is 3.58. The number of amides is 1. The fourth-order valence-corrected chi connectivity index (χ4v) is 2.56. The van der Waals surface area contributed by atoms with Crippen molar-refractivity contribution in [2.75, 3.05) is 32.9 Å². The summed E-state index contributed by atoms with van der Waals surface area (Å²) in [6.45, 7) is 1.71. The zero-order valence-electron chi connectivity index (χ0n) is 10.7. The highest BCUT2D eigenvalue weighted by Gasteiger charge is 2.18. The predicted molar refractivity (Wildman–Crippen MR) is 73.1 cm³/mol. The van der Waals surface area contributed by atoms with E-state index in [2.05, 4.69) is 11.8 Å². The van der Waals surface area contributed by atoms with Gasteiger partial charge in [0.25, 0.3) is 5.91 Å². The first-order valence-corrected chi connectivity index (χ1v) is 6.66. The Morgan fingerprint density at radius 3 is 2.47 bits per heavy atom. The van der Waals surface area contributed by atoms with Crippen molar-refractivity contribution in [3.05, 3.63) is 21.4 Å². The maximum absolute atomic E-state index is 12.2. The van der Waals surface area contributed by atoms with E-state index in [1.54, 1.807) is 6.07 Å². The van der Waals surface area contributed by atoms with Gasteiger partial charge in [0.05, 0.1) is 23.0 Å². The van der Waals surface area contributed by atoms with Gasteiger partial charge in [-0.25, -0.2) is 0 Å². The Morgan fingerprint density at radius 1 is 1.32 bits per heavy atom. The maximum Gasteiger partial charge on any atom is 0.264 e. The molecule has 0 aromatic carbocycles. The highest BCUT2D eigenvalue weighted by Crippen LogP contribution is 2.22. The third kappa shape index (κ3) is 4.33. The van der Waals surface area contributed by atoms with Crippen LogP contribution < -0.4 is 0 Å². The van der Waals surface area contributed by atoms with E-state index in [0.717, 1.165) is 10.4 Å². The molecule has 19 heavy (non-hydrogen) atoms. The molecule has 0 saturated carbocycles. The van der Waals surface area contributed by atoms with Crippen molar-refractivity contribution in [3.8, 4) is 11.8 Å². The first-order chi connectivity index (χ1) is 9.13. The molecule has 1 aromatic heterocycles. The third-order valence-electron chi connectivity index (χ3n) is 2.44. The molecule has 104 valence electrons. The van der Waals surface area contributed by atoms with Gasteiger partial charge in [0.2, 0.25) is 0 Å². The van der Waals surface area contributed by atoms with Crippen LogP contribution in [0.25, 0.3) is 0 Å². The number of carbonyl (C=O) groups excluding carboxylic acids is 1. The molecule has 5 nitrogen and oxygen atoms in total. The Labute approximate surface area is 116 Å². The number of aryl methyl sites for hydroxylation is 1. The van der Waals surface area contributed by atoms with Gasteiger partial charge in [-0.15, -0.1) is 11.3 Å². The summed E-state index contributed by atoms with van der Waals surface area (Å²) in [5.41, 5.74) is 0.877. The molecule has 1 amide bonds. The van der Waals surface area contributed by atoms with Crippen LogP contribution in [0.15, 0.2) is 6.07 Å². The number of rotatable bonds is 5. The lowest BCUT2D eigenvalue weighted by Gasteiger charge is -2.19. The average molecular weight is 283 g/mol. The van der Waals surface area contributed by atoms with Crippen LogP contribution in [0.4, 0.5) is 0 Å². The highest BCUT2D eigenvalue weighted by atomic mass is 32.1. The summed E-state index contributed by atoms with van der Waals surface area (Å²) < 4.78 is 0. The van der Waals surface area contributed by atoms with E-state index in [9.17, 15) is 4.79 Å². The molecule has 0 atom stereocenters. The first kappa shape index (κ1) is 15.7. The summed E-state index contributed by atoms with van der Waals surface area (Å²) >= 11 is 1.25. The Bertz CT molecular complexity index is 481. The molecule has 0 aliphatic rings. The van der Waals surface area contributed by atoms with Gasteiger partial charge in [-0.2, -0.15) is 0 Å². The fraction of sp³-hybridized carbons (Fsp3) is 0.462. The van der Waals surface area contributed by atoms with Crippen LogP contribution in [-0.4, -0.2) is 59.0 Å². The predicted octanol–water partition coefficient (Wildman–Crippen LogP) is -0.173. The number of nitrogens with zero attached hydrogens (tertiary/aromatic N) is 1. The van der Waals surface area contributed by atoms with Crippen molar-refractivity contribution in [1.29, 1.82) is 0 Å². The molecule has 1 heterocycles. The van der Waals surface area contributed by atoms with E-state index in [4.69, 9.17) is 15.3 Å². The Hall–Kier alpha value is -1.39. The molecule has 6 heteroatoms. The monoisotopic (exact) mass is 283 g/mol. The number of aliphatic hydroxyl groups excluding tert-OH is 3. The molecule has 1 aromatic rings. The quantitative estimate of drug-likeness (QED) is 0.655. The lowest BCUT2D eigenvalue weighted by molar-refractivity contribution is 0.0689. The molecule has 0 saturated heterocycles. The lowest BCUT2D eigenvalue weighted by Crippen LogP contribution is -2.35. The lowest BCUT2D eigenvalue weighted by atomic mass is 10.2. The van der Waals surface area contributed by atoms with Crippen LogP contribution in [0, 0.1) is 18.8 Å². The van der Waals surface area contributed by atoms with E-state index >= 15 is 0 Å². The van der Waals surface area contributed by atoms with Crippen LogP contribution in [0.5, 0.6) is 0 Å². The number of thiophene rings is 1. The maximum atomic E-state index is 12.2. The molecular weight excluding hydrogens is 266 g/mol. The summed E-state index contributed by atoms with van der Waals surface area (Å²) in [6, 6.07) is 1.73. The van der Waals surface area contributed by atoms with E-state index in [1.807, 2.05) is 6.92 Å². The minimum atomic E-state index is -0.228. The van der Waals surface area contributed by atoms with Gasteiger partial charge >= 0.3 is 0 Å². The fourth-order valence-electron chi connectivity index (χ4n) is 1.54. The molecule has 0 bridgehead atoms. The summed E-state index contributed by atoms with van der Waals surface area (Å²) in [5, 5.41) is 26.5. The molecule has 0 aliphatic carbocycles. The van der Waals surface area contributed by atoms with Gasteiger partial charge < -0.3 is 20.2 Å². The second kappa shape index (κ2) is 7.92. The van der Waals surface area contributed by atoms with E-state index < -0.39 is 0 Å². The summed E-state index contributed by atoms with van der Waals surface area (Å²) in [5.74, 6) is 5.11. The van der Waals surface area contributed by atoms with Crippen LogP contribution in [0.1, 0.15) is 20.1 Å². The summed E-state index contributed by atoms with van der Waals surface area (Å²) in [7, 11) is 0. The molecular formula is C13H17NO4S. The normalized spacial score (nSPS) is 9.89. The average Bonchev–Trinajstić information content (AvgIpc) is 2.76. The Kier molecular flexibility index (Phi) is 6.53. The smallest absolute Gasteiger partial charge is 0.264 e. The van der Waals surface area contributed by atoms with Crippen molar-refractivity contribution >= 4 is 17.2 Å². The van der Waals surface area contributed by atoms with Crippen molar-refractivity contribution < 1.29 is 20.1 Å². The minimum Gasteiger partial charge on any atom is -0.395 e. The highest BCUT2D eigenvalue weighted by molar-refractivity contribution is 7.14. The molecule has 0 fully saturated rings. The molecule has 0 aliphatic heterocycles. The van der Waals surface area contributed by atoms with Crippen molar-refractivity contribution in [1.82, 2.24) is 4.90 Å². The first-order valence-electron chi connectivity index (χ1n) is 5.85. The topological polar surface area (TPSA) is 81.0 Å². The van der Waals surface area contributed by atoms with Gasteiger partial charge in [-0.3, -0.25) is 4.79 Å². The van der Waals surface area contributed by atoms with Gasteiger partial charge in [0, 0.05) is 13.1 Å². The number of hydrogen-bond acceptors (Lipinski definition) is 5. The van der Waals surface area contributed by atoms with E-state index in [1.165, 1.54) is 16.2 Å². The van der Waals surface area contributed by atoms with Crippen LogP contribution >= 0.6 is 11.3 Å². The van der Waals surface area contributed by atoms with Crippen LogP contribution in [0.3, 0.4) is 0 Å². The van der Waals surface area contributed by atoms with Crippen molar-refractivity contribution in [3.63, 3.8) is 0 Å². The Morgan fingerprint density at radius 2 is 1.95 bits per heavy atom. The number of aliphatic hydroxyl groups is 3. The largest absolute Gasteiger partial charge is 0.395 e. The number of hydrogen-bond donors (Lipinski definition) is 3. The SMILES string of the molecule is Cc1cc(C(=O)N(CCO)CCO)sc1C#CCO. The Balaban J connectivity index is 2.92. The van der Waals surface area contributed by atoms with Gasteiger partial charge in [0.15, 0.2) is 0 Å². The van der Waals surface area contributed by atoms with E-state index in [-0.39, 0.29) is 38.8 Å². The van der Waals surface area contributed by atoms with Gasteiger partial charge in [-0.05, 0) is 18.6 Å². The molecule has 0 unspecified atom stereocenters. The summed E-state index contributed by atoms with van der Waals surface area (Å²) in [4.78, 5) is 14.8. The number of carbonyl (C=O) groups is 1. The minimum absolute atomic E-state index is 0.146. The summed E-state index contributed by atoms with van der Waals surface area (Å²) in [6.07, 6.45) is 0. The van der Waals surface area contributed by atoms with Gasteiger partial charge in [0.1, 0.15) is 6.61 Å². The zero-order chi connectivity index (χ0) is 14.3. The molecule has 1 rings (SSSR count). The zero-order valence-corrected chi connectivity index (χ0v) is 11.5. The van der Waals surface area contributed by atoms with Crippen molar-refractivity contribution in [2.24, 2.45) is 0 Å². The molecule has 0 radical (unpaired) electrons. The standard InChI is InChI=1S/C13H17NO4S/c1-10-9-12(19-11(10)3-2-6-15)13(18)14(4-7-16)5-8-17/h9,15-17H,4-8H2,1H3. The second-order valence-electron chi connectivity index (χ2n) is 3.82. The molecule has 0 spiro atoms. The van der Waals surface area contributed by atoms with Crippen LogP contribution in [0.2, 0.25) is 0 Å². The molecule has 3 N–H and O–H groups in total. The van der Waals surface area contributed by atoms with Crippen LogP contribution in [-0.2, 0) is 0 Å². The van der Waals surface area contributed by atoms with Crippen molar-refractivity contribution in [2.45, 2.75) is 6.92 Å². The van der Waals surface area contributed by atoms with Gasteiger partial charge in [-0.1, -0.05) is 11.8 Å².